The Hall–Kier alpha value is -4.02. The zero-order valence-corrected chi connectivity index (χ0v) is 17.8. The molecule has 0 aliphatic carbocycles. The van der Waals surface area contributed by atoms with Gasteiger partial charge in [-0.3, -0.25) is 4.79 Å². The molecule has 3 aromatic carbocycles. The maximum absolute atomic E-state index is 13.3. The first-order chi connectivity index (χ1) is 16.1. The normalized spacial score (nSPS) is 11.2. The lowest BCUT2D eigenvalue weighted by molar-refractivity contribution is -0.137. The smallest absolute Gasteiger partial charge is 0.416 e. The molecule has 0 aromatic heterocycles. The van der Waals surface area contributed by atoms with Crippen molar-refractivity contribution in [1.29, 1.82) is 0 Å². The lowest BCUT2D eigenvalue weighted by atomic mass is 10.1. The van der Waals surface area contributed by atoms with Gasteiger partial charge in [-0.25, -0.2) is 0 Å². The fraction of sp³-hybridized carbons (Fsp3) is 0.174. The molecule has 11 heteroatoms. The van der Waals surface area contributed by atoms with Crippen LogP contribution in [0.15, 0.2) is 60.7 Å². The van der Waals surface area contributed by atoms with E-state index in [0.29, 0.717) is 5.75 Å². The van der Waals surface area contributed by atoms with E-state index >= 15 is 0 Å². The summed E-state index contributed by atoms with van der Waals surface area (Å²) in [5.74, 6) is -0.672. The average Bonchev–Trinajstić information content (AvgIpc) is 2.79. The summed E-state index contributed by atoms with van der Waals surface area (Å²) in [5.41, 5.74) is -1.36. The quantitative estimate of drug-likeness (QED) is 0.377. The highest BCUT2D eigenvalue weighted by molar-refractivity contribution is 6.05. The molecule has 6 nitrogen and oxygen atoms in total. The number of alkyl halides is 5. The Morgan fingerprint density at radius 3 is 2.21 bits per heavy atom. The first-order valence-electron chi connectivity index (χ1n) is 9.58. The first kappa shape index (κ1) is 24.6. The molecule has 0 atom stereocenters. The lowest BCUT2D eigenvalue weighted by Gasteiger charge is -2.16. The van der Waals surface area contributed by atoms with Crippen LogP contribution in [0.5, 0.6) is 28.7 Å². The fourth-order valence-corrected chi connectivity index (χ4v) is 2.88. The summed E-state index contributed by atoms with van der Waals surface area (Å²) in [6.45, 7) is -3.12. The molecule has 0 saturated heterocycles. The minimum absolute atomic E-state index is 0.0702. The van der Waals surface area contributed by atoms with E-state index in [4.69, 9.17) is 14.2 Å². The number of nitrogens with one attached hydrogen (secondary N) is 1. The van der Waals surface area contributed by atoms with Gasteiger partial charge in [0.1, 0.15) is 11.5 Å². The van der Waals surface area contributed by atoms with E-state index in [9.17, 15) is 26.7 Å². The van der Waals surface area contributed by atoms with Gasteiger partial charge in [0.2, 0.25) is 0 Å². The molecule has 3 aromatic rings. The summed E-state index contributed by atoms with van der Waals surface area (Å²) >= 11 is 0. The Balaban J connectivity index is 1.94. The molecule has 0 bridgehead atoms. The predicted molar refractivity (Wildman–Crippen MR) is 112 cm³/mol. The molecule has 1 amide bonds. The number of carbonyl (C=O) groups is 1. The van der Waals surface area contributed by atoms with Gasteiger partial charge in [0, 0.05) is 11.6 Å². The van der Waals surface area contributed by atoms with Crippen molar-refractivity contribution in [2.45, 2.75) is 12.8 Å². The van der Waals surface area contributed by atoms with Crippen molar-refractivity contribution in [2.75, 3.05) is 19.5 Å². The van der Waals surface area contributed by atoms with Gasteiger partial charge in [0.25, 0.3) is 5.91 Å². The number of carbonyl (C=O) groups excluding carboxylic acids is 1. The number of benzene rings is 3. The van der Waals surface area contributed by atoms with Crippen LogP contribution in [0, 0.1) is 0 Å². The number of amides is 1. The number of hydrogen-bond donors (Lipinski definition) is 1. The molecule has 0 fully saturated rings. The molecule has 0 radical (unpaired) electrons. The molecule has 0 spiro atoms. The van der Waals surface area contributed by atoms with Crippen molar-refractivity contribution < 1.29 is 45.7 Å². The summed E-state index contributed by atoms with van der Waals surface area (Å²) in [6, 6.07) is 12.3. The van der Waals surface area contributed by atoms with Crippen LogP contribution in [0.2, 0.25) is 0 Å². The Labute approximate surface area is 190 Å². The van der Waals surface area contributed by atoms with Crippen molar-refractivity contribution in [1.82, 2.24) is 0 Å². The van der Waals surface area contributed by atoms with Crippen molar-refractivity contribution in [3.05, 3.63) is 71.8 Å². The minimum Gasteiger partial charge on any atom is -0.497 e. The van der Waals surface area contributed by atoms with E-state index in [1.54, 1.807) is 18.2 Å². The van der Waals surface area contributed by atoms with Crippen molar-refractivity contribution in [3.8, 4) is 28.7 Å². The van der Waals surface area contributed by atoms with E-state index in [-0.39, 0.29) is 34.2 Å². The third kappa shape index (κ3) is 6.06. The molecule has 1 N–H and O–H groups in total. The summed E-state index contributed by atoms with van der Waals surface area (Å²) in [7, 11) is 2.62. The Kier molecular flexibility index (Phi) is 7.44. The Morgan fingerprint density at radius 1 is 0.853 bits per heavy atom. The Bertz CT molecular complexity index is 1170. The predicted octanol–water partition coefficient (Wildman–Crippen LogP) is 6.37. The number of methoxy groups -OCH3 is 2. The highest BCUT2D eigenvalue weighted by atomic mass is 19.4. The van der Waals surface area contributed by atoms with Crippen LogP contribution in [-0.2, 0) is 6.18 Å². The van der Waals surface area contributed by atoms with Crippen molar-refractivity contribution >= 4 is 11.6 Å². The lowest BCUT2D eigenvalue weighted by Crippen LogP contribution is -2.14. The van der Waals surface area contributed by atoms with Crippen LogP contribution >= 0.6 is 0 Å². The third-order valence-corrected chi connectivity index (χ3v) is 4.47. The SMILES string of the molecule is COc1cccc(Oc2ccc(C(F)(F)F)cc2NC(=O)c2ccc(OC(F)F)c(OC)c2)c1. The molecule has 0 unspecified atom stereocenters. The molecule has 0 aliphatic heterocycles. The standard InChI is InChI=1S/C23H18F5NO5/c1-31-15-4-3-5-16(12-15)33-18-9-7-14(23(26,27)28)11-17(18)29-21(30)13-6-8-19(34-22(24)25)20(10-13)32-2/h3-12,22H,1-2H3,(H,29,30). The molecule has 0 heterocycles. The molecule has 0 aliphatic rings. The summed E-state index contributed by atoms with van der Waals surface area (Å²) in [4.78, 5) is 12.8. The van der Waals surface area contributed by atoms with Gasteiger partial charge in [0.05, 0.1) is 25.5 Å². The minimum atomic E-state index is -4.68. The zero-order chi connectivity index (χ0) is 24.9. The number of anilines is 1. The highest BCUT2D eigenvalue weighted by Crippen LogP contribution is 2.38. The van der Waals surface area contributed by atoms with Gasteiger partial charge in [-0.1, -0.05) is 6.07 Å². The van der Waals surface area contributed by atoms with Gasteiger partial charge in [-0.05, 0) is 48.5 Å². The van der Waals surface area contributed by atoms with Gasteiger partial charge in [-0.15, -0.1) is 0 Å². The summed E-state index contributed by atoms with van der Waals surface area (Å²) in [5, 5.41) is 2.36. The van der Waals surface area contributed by atoms with Crippen molar-refractivity contribution in [2.24, 2.45) is 0 Å². The molecular formula is C23H18F5NO5. The largest absolute Gasteiger partial charge is 0.497 e. The van der Waals surface area contributed by atoms with Crippen molar-refractivity contribution in [3.63, 3.8) is 0 Å². The van der Waals surface area contributed by atoms with E-state index in [2.05, 4.69) is 10.1 Å². The average molecular weight is 483 g/mol. The summed E-state index contributed by atoms with van der Waals surface area (Å²) in [6.07, 6.45) is -4.68. The van der Waals surface area contributed by atoms with Gasteiger partial charge in [-0.2, -0.15) is 22.0 Å². The molecule has 34 heavy (non-hydrogen) atoms. The van der Waals surface area contributed by atoms with E-state index < -0.39 is 24.3 Å². The number of rotatable bonds is 8. The molecular weight excluding hydrogens is 465 g/mol. The third-order valence-electron chi connectivity index (χ3n) is 4.47. The molecule has 3 rings (SSSR count). The Morgan fingerprint density at radius 2 is 1.56 bits per heavy atom. The van der Waals surface area contributed by atoms with Crippen LogP contribution in [0.3, 0.4) is 0 Å². The first-order valence-corrected chi connectivity index (χ1v) is 9.58. The van der Waals surface area contributed by atoms with Gasteiger partial charge < -0.3 is 24.3 Å². The maximum atomic E-state index is 13.3. The van der Waals surface area contributed by atoms with Gasteiger partial charge >= 0.3 is 12.8 Å². The monoisotopic (exact) mass is 483 g/mol. The zero-order valence-electron chi connectivity index (χ0n) is 17.8. The van der Waals surface area contributed by atoms with E-state index in [1.807, 2.05) is 0 Å². The van der Waals surface area contributed by atoms with Crippen LogP contribution in [0.4, 0.5) is 27.6 Å². The molecule has 0 saturated carbocycles. The second kappa shape index (κ2) is 10.3. The highest BCUT2D eigenvalue weighted by Gasteiger charge is 2.31. The van der Waals surface area contributed by atoms with Crippen LogP contribution in [0.1, 0.15) is 15.9 Å². The number of halogens is 5. The molecule has 180 valence electrons. The van der Waals surface area contributed by atoms with E-state index in [0.717, 1.165) is 36.4 Å². The van der Waals surface area contributed by atoms with Gasteiger partial charge in [0.15, 0.2) is 17.2 Å². The second-order valence-corrected chi connectivity index (χ2v) is 6.69. The topological polar surface area (TPSA) is 66.0 Å². The van der Waals surface area contributed by atoms with Crippen LogP contribution in [-0.4, -0.2) is 26.7 Å². The summed E-state index contributed by atoms with van der Waals surface area (Å²) < 4.78 is 84.9. The number of hydrogen-bond acceptors (Lipinski definition) is 5. The number of ether oxygens (including phenoxy) is 4. The fourth-order valence-electron chi connectivity index (χ4n) is 2.88. The maximum Gasteiger partial charge on any atom is 0.416 e. The van der Waals surface area contributed by atoms with Crippen LogP contribution < -0.4 is 24.3 Å². The second-order valence-electron chi connectivity index (χ2n) is 6.69. The van der Waals surface area contributed by atoms with Crippen LogP contribution in [0.25, 0.3) is 0 Å². The van der Waals surface area contributed by atoms with E-state index in [1.165, 1.54) is 20.3 Å².